The molecule has 0 aromatic heterocycles. The van der Waals surface area contributed by atoms with Crippen LogP contribution in [-0.2, 0) is 0 Å². The molecule has 0 aliphatic carbocycles. The monoisotopic (exact) mass is 194 g/mol. The molecule has 0 saturated heterocycles. The van der Waals surface area contributed by atoms with E-state index in [0.29, 0.717) is 0 Å². The number of nitrogens with zero attached hydrogens (tertiary/aromatic N) is 4. The summed E-state index contributed by atoms with van der Waals surface area (Å²) in [5.74, 6) is 0. The van der Waals surface area contributed by atoms with Gasteiger partial charge in [0.25, 0.3) is 0 Å². The highest BCUT2D eigenvalue weighted by Crippen LogP contribution is 2.00. The molecule has 0 atom stereocenters. The average molecular weight is 194 g/mol. The number of unbranched alkanes of at least 4 members (excludes halogenated alkanes) is 1. The Morgan fingerprint density at radius 1 is 0.857 bits per heavy atom. The molecule has 0 aromatic rings. The third-order valence-electron chi connectivity index (χ3n) is 2.66. The fourth-order valence-electron chi connectivity index (χ4n) is 1.80. The van der Waals surface area contributed by atoms with Gasteiger partial charge in [0, 0.05) is 26.2 Å². The maximum atomic E-state index is 4.19. The summed E-state index contributed by atoms with van der Waals surface area (Å²) in [4.78, 5) is 13.0. The second-order valence-electron chi connectivity index (χ2n) is 3.82. The first-order chi connectivity index (χ1) is 6.95. The molecule has 4 heteroatoms. The van der Waals surface area contributed by atoms with E-state index in [1.165, 1.54) is 12.8 Å². The van der Waals surface area contributed by atoms with Gasteiger partial charge in [-0.05, 0) is 12.8 Å². The van der Waals surface area contributed by atoms with Crippen LogP contribution in [0.5, 0.6) is 0 Å². The second-order valence-corrected chi connectivity index (χ2v) is 3.82. The molecule has 14 heavy (non-hydrogen) atoms. The van der Waals surface area contributed by atoms with Crippen molar-refractivity contribution in [3.8, 4) is 0 Å². The second kappa shape index (κ2) is 4.98. The van der Waals surface area contributed by atoms with Crippen molar-refractivity contribution in [3.63, 3.8) is 0 Å². The lowest BCUT2D eigenvalue weighted by Gasteiger charge is -2.16. The van der Waals surface area contributed by atoms with E-state index >= 15 is 0 Å². The standard InChI is InChI=1S/C10H18N4/c1(5-13-7-3-11-9-13)2-6-14-8-4-12-10-14/h9-10H,1-8H2. The molecule has 0 saturated carbocycles. The summed E-state index contributed by atoms with van der Waals surface area (Å²) in [5.41, 5.74) is 0. The Morgan fingerprint density at radius 2 is 1.36 bits per heavy atom. The predicted octanol–water partition coefficient (Wildman–Crippen LogP) is 0.454. The number of hydrogen-bond donors (Lipinski definition) is 0. The van der Waals surface area contributed by atoms with Crippen LogP contribution in [0.4, 0.5) is 0 Å². The molecular weight excluding hydrogens is 176 g/mol. The van der Waals surface area contributed by atoms with Crippen molar-refractivity contribution in [2.24, 2.45) is 9.98 Å². The smallest absolute Gasteiger partial charge is 0.0851 e. The Morgan fingerprint density at radius 3 is 1.71 bits per heavy atom. The van der Waals surface area contributed by atoms with Crippen LogP contribution in [0.2, 0.25) is 0 Å². The Hall–Kier alpha value is -1.06. The summed E-state index contributed by atoms with van der Waals surface area (Å²) < 4.78 is 0. The number of aliphatic imine (C=N–C) groups is 2. The van der Waals surface area contributed by atoms with Gasteiger partial charge in [0.1, 0.15) is 0 Å². The van der Waals surface area contributed by atoms with Crippen molar-refractivity contribution >= 4 is 12.7 Å². The zero-order valence-electron chi connectivity index (χ0n) is 8.60. The van der Waals surface area contributed by atoms with Gasteiger partial charge in [-0.25, -0.2) is 0 Å². The normalized spacial score (nSPS) is 20.0. The van der Waals surface area contributed by atoms with Gasteiger partial charge < -0.3 is 9.80 Å². The van der Waals surface area contributed by atoms with Gasteiger partial charge in [0.05, 0.1) is 25.8 Å². The van der Waals surface area contributed by atoms with Gasteiger partial charge in [-0.1, -0.05) is 0 Å². The first-order valence-electron chi connectivity index (χ1n) is 5.43. The molecule has 2 heterocycles. The van der Waals surface area contributed by atoms with E-state index in [1.54, 1.807) is 0 Å². The molecule has 0 fully saturated rings. The largest absolute Gasteiger partial charge is 0.361 e. The van der Waals surface area contributed by atoms with Crippen molar-refractivity contribution in [1.29, 1.82) is 0 Å². The van der Waals surface area contributed by atoms with Crippen LogP contribution in [-0.4, -0.2) is 61.7 Å². The molecule has 0 amide bonds. The van der Waals surface area contributed by atoms with Crippen LogP contribution in [0.25, 0.3) is 0 Å². The van der Waals surface area contributed by atoms with Crippen molar-refractivity contribution in [1.82, 2.24) is 9.80 Å². The summed E-state index contributed by atoms with van der Waals surface area (Å²) in [6.07, 6.45) is 6.49. The van der Waals surface area contributed by atoms with E-state index in [9.17, 15) is 0 Å². The SMILES string of the molecule is C1=NCCN1CCCCN1C=NCC1. The van der Waals surface area contributed by atoms with E-state index in [1.807, 2.05) is 12.7 Å². The summed E-state index contributed by atoms with van der Waals surface area (Å²) >= 11 is 0. The van der Waals surface area contributed by atoms with Crippen LogP contribution >= 0.6 is 0 Å². The Balaban J connectivity index is 1.50. The molecule has 0 spiro atoms. The minimum Gasteiger partial charge on any atom is -0.361 e. The van der Waals surface area contributed by atoms with Gasteiger partial charge in [0.15, 0.2) is 0 Å². The van der Waals surface area contributed by atoms with Crippen molar-refractivity contribution in [3.05, 3.63) is 0 Å². The van der Waals surface area contributed by atoms with Gasteiger partial charge >= 0.3 is 0 Å². The van der Waals surface area contributed by atoms with Crippen LogP contribution in [0.3, 0.4) is 0 Å². The summed E-state index contributed by atoms with van der Waals surface area (Å²) in [5, 5.41) is 0. The van der Waals surface area contributed by atoms with Gasteiger partial charge in [-0.2, -0.15) is 0 Å². The minimum atomic E-state index is 0.985. The van der Waals surface area contributed by atoms with Crippen LogP contribution in [0.15, 0.2) is 9.98 Å². The van der Waals surface area contributed by atoms with Crippen molar-refractivity contribution in [2.45, 2.75) is 12.8 Å². The summed E-state index contributed by atoms with van der Waals surface area (Å²) in [7, 11) is 0. The zero-order valence-corrected chi connectivity index (χ0v) is 8.60. The third-order valence-corrected chi connectivity index (χ3v) is 2.66. The molecular formula is C10H18N4. The van der Waals surface area contributed by atoms with Gasteiger partial charge in [-0.15, -0.1) is 0 Å². The highest BCUT2D eigenvalue weighted by Gasteiger charge is 2.06. The molecule has 0 bridgehead atoms. The molecule has 0 aromatic carbocycles. The molecule has 0 radical (unpaired) electrons. The Bertz CT molecular complexity index is 200. The Kier molecular flexibility index (Phi) is 3.38. The summed E-state index contributed by atoms with van der Waals surface area (Å²) in [6, 6.07) is 0. The van der Waals surface area contributed by atoms with E-state index in [-0.39, 0.29) is 0 Å². The van der Waals surface area contributed by atoms with Crippen molar-refractivity contribution in [2.75, 3.05) is 39.3 Å². The molecule has 2 aliphatic heterocycles. The van der Waals surface area contributed by atoms with Crippen molar-refractivity contribution < 1.29 is 0 Å². The highest BCUT2D eigenvalue weighted by molar-refractivity contribution is 5.57. The fraction of sp³-hybridized carbons (Fsp3) is 0.800. The molecule has 0 unspecified atom stereocenters. The number of hydrogen-bond acceptors (Lipinski definition) is 4. The third kappa shape index (κ3) is 2.72. The van der Waals surface area contributed by atoms with Crippen LogP contribution in [0, 0.1) is 0 Å². The maximum Gasteiger partial charge on any atom is 0.0851 e. The van der Waals surface area contributed by atoms with Crippen LogP contribution in [0.1, 0.15) is 12.8 Å². The zero-order chi connectivity index (χ0) is 9.64. The Labute approximate surface area is 85.3 Å². The van der Waals surface area contributed by atoms with Crippen LogP contribution < -0.4 is 0 Å². The van der Waals surface area contributed by atoms with Gasteiger partial charge in [0.2, 0.25) is 0 Å². The molecule has 2 rings (SSSR count). The average Bonchev–Trinajstić information content (AvgIpc) is 2.86. The minimum absolute atomic E-state index is 0.985. The lowest BCUT2D eigenvalue weighted by molar-refractivity contribution is 0.405. The first kappa shape index (κ1) is 9.49. The van der Waals surface area contributed by atoms with E-state index in [0.717, 1.165) is 39.3 Å². The fourth-order valence-corrected chi connectivity index (χ4v) is 1.80. The van der Waals surface area contributed by atoms with E-state index < -0.39 is 0 Å². The lowest BCUT2D eigenvalue weighted by Crippen LogP contribution is -2.24. The maximum absolute atomic E-state index is 4.19. The summed E-state index contributed by atoms with van der Waals surface area (Å²) in [6.45, 7) is 6.52. The molecule has 0 N–H and O–H groups in total. The number of rotatable bonds is 5. The van der Waals surface area contributed by atoms with E-state index in [4.69, 9.17) is 0 Å². The quantitative estimate of drug-likeness (QED) is 0.595. The predicted molar refractivity (Wildman–Crippen MR) is 59.1 cm³/mol. The molecule has 78 valence electrons. The van der Waals surface area contributed by atoms with Gasteiger partial charge in [-0.3, -0.25) is 9.98 Å². The molecule has 4 nitrogen and oxygen atoms in total. The highest BCUT2D eigenvalue weighted by atomic mass is 15.2. The topological polar surface area (TPSA) is 31.2 Å². The molecule has 2 aliphatic rings. The lowest BCUT2D eigenvalue weighted by atomic mass is 10.3. The first-order valence-corrected chi connectivity index (χ1v) is 5.43. The van der Waals surface area contributed by atoms with E-state index in [2.05, 4.69) is 19.8 Å².